The van der Waals surface area contributed by atoms with Crippen LogP contribution in [0.1, 0.15) is 22.4 Å². The molecule has 0 unspecified atom stereocenters. The Hall–Kier alpha value is -2.34. The molecule has 0 fully saturated rings. The van der Waals surface area contributed by atoms with Crippen molar-refractivity contribution < 1.29 is 0 Å². The molecule has 0 N–H and O–H groups in total. The number of benzene rings is 1. The lowest BCUT2D eigenvalue weighted by Crippen LogP contribution is -2.31. The number of nitriles is 1. The smallest absolute Gasteiger partial charge is 0.147 e. The number of fused-ring (bicyclic) bond motifs is 1. The monoisotopic (exact) mass is 249 g/mol. The van der Waals surface area contributed by atoms with E-state index in [2.05, 4.69) is 40.2 Å². The second-order valence-electron chi connectivity index (χ2n) is 4.88. The van der Waals surface area contributed by atoms with Crippen LogP contribution >= 0.6 is 0 Å². The van der Waals surface area contributed by atoms with E-state index in [-0.39, 0.29) is 0 Å². The van der Waals surface area contributed by atoms with Crippen LogP contribution in [0, 0.1) is 18.3 Å². The lowest BCUT2D eigenvalue weighted by molar-refractivity contribution is 0.718. The molecule has 3 rings (SSSR count). The van der Waals surface area contributed by atoms with E-state index in [0.717, 1.165) is 31.0 Å². The highest BCUT2D eigenvalue weighted by Gasteiger charge is 2.19. The van der Waals surface area contributed by atoms with Crippen molar-refractivity contribution in [3.8, 4) is 6.07 Å². The van der Waals surface area contributed by atoms with E-state index in [1.807, 2.05) is 19.1 Å². The summed E-state index contributed by atoms with van der Waals surface area (Å²) in [6.45, 7) is 3.71. The van der Waals surface area contributed by atoms with Crippen molar-refractivity contribution in [2.75, 3.05) is 11.4 Å². The van der Waals surface area contributed by atoms with Crippen LogP contribution in [0.15, 0.2) is 36.4 Å². The van der Waals surface area contributed by atoms with Gasteiger partial charge in [-0.1, -0.05) is 24.3 Å². The Morgan fingerprint density at radius 3 is 2.74 bits per heavy atom. The third-order valence-corrected chi connectivity index (χ3v) is 3.56. The predicted octanol–water partition coefficient (Wildman–Crippen LogP) is 2.82. The summed E-state index contributed by atoms with van der Waals surface area (Å²) in [6.07, 6.45) is 1.01. The molecule has 0 saturated heterocycles. The molecule has 1 aliphatic rings. The van der Waals surface area contributed by atoms with Gasteiger partial charge in [0, 0.05) is 18.8 Å². The van der Waals surface area contributed by atoms with Crippen LogP contribution in [0.4, 0.5) is 5.82 Å². The van der Waals surface area contributed by atoms with Crippen molar-refractivity contribution in [3.05, 3.63) is 58.8 Å². The van der Waals surface area contributed by atoms with Crippen LogP contribution in [0.3, 0.4) is 0 Å². The van der Waals surface area contributed by atoms with Crippen LogP contribution in [0.5, 0.6) is 0 Å². The van der Waals surface area contributed by atoms with Gasteiger partial charge < -0.3 is 4.90 Å². The fourth-order valence-corrected chi connectivity index (χ4v) is 2.55. The van der Waals surface area contributed by atoms with Crippen molar-refractivity contribution in [2.45, 2.75) is 19.9 Å². The minimum atomic E-state index is 0.657. The van der Waals surface area contributed by atoms with E-state index < -0.39 is 0 Å². The van der Waals surface area contributed by atoms with Gasteiger partial charge in [0.15, 0.2) is 0 Å². The molecule has 2 aromatic rings. The molecule has 19 heavy (non-hydrogen) atoms. The Labute approximate surface area is 113 Å². The SMILES string of the molecule is Cc1ccc(C#N)c(N2CCc3ccccc3C2)n1. The Balaban J connectivity index is 1.98. The van der Waals surface area contributed by atoms with Crippen molar-refractivity contribution in [2.24, 2.45) is 0 Å². The molecule has 0 radical (unpaired) electrons. The van der Waals surface area contributed by atoms with Gasteiger partial charge in [0.2, 0.25) is 0 Å². The molecule has 0 amide bonds. The first kappa shape index (κ1) is 11.7. The van der Waals surface area contributed by atoms with Crippen LogP contribution in [-0.4, -0.2) is 11.5 Å². The Morgan fingerprint density at radius 1 is 1.16 bits per heavy atom. The number of nitrogens with zero attached hydrogens (tertiary/aromatic N) is 3. The minimum Gasteiger partial charge on any atom is -0.351 e. The van der Waals surface area contributed by atoms with E-state index in [0.29, 0.717) is 5.56 Å². The summed E-state index contributed by atoms with van der Waals surface area (Å²) >= 11 is 0. The number of hydrogen-bond acceptors (Lipinski definition) is 3. The molecule has 2 heterocycles. The average Bonchev–Trinajstić information content (AvgIpc) is 2.46. The molecule has 94 valence electrons. The highest BCUT2D eigenvalue weighted by molar-refractivity contribution is 5.55. The molecule has 0 saturated carbocycles. The van der Waals surface area contributed by atoms with Gasteiger partial charge in [0.05, 0.1) is 5.56 Å². The van der Waals surface area contributed by atoms with Crippen molar-refractivity contribution in [1.29, 1.82) is 5.26 Å². The number of hydrogen-bond donors (Lipinski definition) is 0. The molecule has 0 atom stereocenters. The van der Waals surface area contributed by atoms with Gasteiger partial charge in [0.25, 0.3) is 0 Å². The second-order valence-corrected chi connectivity index (χ2v) is 4.88. The predicted molar refractivity (Wildman–Crippen MR) is 74.9 cm³/mol. The van der Waals surface area contributed by atoms with Crippen molar-refractivity contribution >= 4 is 5.82 Å². The zero-order valence-electron chi connectivity index (χ0n) is 10.9. The summed E-state index contributed by atoms with van der Waals surface area (Å²) in [4.78, 5) is 6.75. The molecule has 0 spiro atoms. The Morgan fingerprint density at radius 2 is 1.95 bits per heavy atom. The summed E-state index contributed by atoms with van der Waals surface area (Å²) in [5.41, 5.74) is 4.35. The minimum absolute atomic E-state index is 0.657. The molecular formula is C16H15N3. The highest BCUT2D eigenvalue weighted by Crippen LogP contribution is 2.25. The summed E-state index contributed by atoms with van der Waals surface area (Å²) < 4.78 is 0. The number of aromatic nitrogens is 1. The maximum absolute atomic E-state index is 9.22. The lowest BCUT2D eigenvalue weighted by Gasteiger charge is -2.30. The summed E-state index contributed by atoms with van der Waals surface area (Å²) in [5.74, 6) is 0.817. The first-order valence-electron chi connectivity index (χ1n) is 6.47. The summed E-state index contributed by atoms with van der Waals surface area (Å²) in [5, 5.41) is 9.22. The number of rotatable bonds is 1. The fourth-order valence-electron chi connectivity index (χ4n) is 2.55. The molecule has 0 bridgehead atoms. The van der Waals surface area contributed by atoms with Crippen LogP contribution in [0.2, 0.25) is 0 Å². The quantitative estimate of drug-likeness (QED) is 0.780. The van der Waals surface area contributed by atoms with Gasteiger partial charge in [-0.25, -0.2) is 4.98 Å². The van der Waals surface area contributed by atoms with E-state index in [9.17, 15) is 5.26 Å². The standard InChI is InChI=1S/C16H15N3/c1-12-6-7-14(10-17)16(18-12)19-9-8-13-4-2-3-5-15(13)11-19/h2-7H,8-9,11H2,1H3. The van der Waals surface area contributed by atoms with Gasteiger partial charge in [-0.15, -0.1) is 0 Å². The van der Waals surface area contributed by atoms with Gasteiger partial charge in [-0.3, -0.25) is 0 Å². The molecular weight excluding hydrogens is 234 g/mol. The van der Waals surface area contributed by atoms with E-state index in [4.69, 9.17) is 0 Å². The Bertz CT molecular complexity index is 655. The molecule has 3 heteroatoms. The Kier molecular flexibility index (Phi) is 2.92. The lowest BCUT2D eigenvalue weighted by atomic mass is 9.99. The maximum atomic E-state index is 9.22. The number of aryl methyl sites for hydroxylation is 1. The van der Waals surface area contributed by atoms with Crippen LogP contribution in [-0.2, 0) is 13.0 Å². The highest BCUT2D eigenvalue weighted by atomic mass is 15.2. The topological polar surface area (TPSA) is 39.9 Å². The van der Waals surface area contributed by atoms with E-state index in [1.165, 1.54) is 11.1 Å². The fraction of sp³-hybridized carbons (Fsp3) is 0.250. The van der Waals surface area contributed by atoms with Crippen molar-refractivity contribution in [3.63, 3.8) is 0 Å². The van der Waals surface area contributed by atoms with Gasteiger partial charge in [0.1, 0.15) is 11.9 Å². The van der Waals surface area contributed by atoms with Crippen LogP contribution < -0.4 is 4.90 Å². The first-order valence-corrected chi connectivity index (χ1v) is 6.47. The van der Waals surface area contributed by atoms with E-state index >= 15 is 0 Å². The van der Waals surface area contributed by atoms with Crippen LogP contribution in [0.25, 0.3) is 0 Å². The van der Waals surface area contributed by atoms with Crippen molar-refractivity contribution in [1.82, 2.24) is 4.98 Å². The first-order chi connectivity index (χ1) is 9.28. The molecule has 1 aromatic heterocycles. The third kappa shape index (κ3) is 2.17. The zero-order valence-corrected chi connectivity index (χ0v) is 10.9. The summed E-state index contributed by atoms with van der Waals surface area (Å²) in [7, 11) is 0. The van der Waals surface area contributed by atoms with Gasteiger partial charge in [-0.05, 0) is 36.6 Å². The third-order valence-electron chi connectivity index (χ3n) is 3.56. The zero-order chi connectivity index (χ0) is 13.2. The normalized spacial score (nSPS) is 13.8. The second kappa shape index (κ2) is 4.74. The van der Waals surface area contributed by atoms with Gasteiger partial charge >= 0.3 is 0 Å². The molecule has 1 aliphatic heterocycles. The molecule has 1 aromatic carbocycles. The molecule has 3 nitrogen and oxygen atoms in total. The number of anilines is 1. The summed E-state index contributed by atoms with van der Waals surface area (Å²) in [6, 6.07) is 14.5. The maximum Gasteiger partial charge on any atom is 0.147 e. The largest absolute Gasteiger partial charge is 0.351 e. The van der Waals surface area contributed by atoms with Gasteiger partial charge in [-0.2, -0.15) is 5.26 Å². The number of pyridine rings is 1. The average molecular weight is 249 g/mol. The van der Waals surface area contributed by atoms with E-state index in [1.54, 1.807) is 0 Å². The molecule has 0 aliphatic carbocycles.